The molecule has 2 aromatic carbocycles. The highest BCUT2D eigenvalue weighted by molar-refractivity contribution is 8.03. The van der Waals surface area contributed by atoms with Crippen molar-refractivity contribution in [3.63, 3.8) is 0 Å². The Balaban J connectivity index is 0.000000202. The van der Waals surface area contributed by atoms with Crippen LogP contribution >= 0.6 is 23.5 Å². The van der Waals surface area contributed by atoms with Gasteiger partial charge in [-0.3, -0.25) is 9.78 Å². The molecule has 10 heteroatoms. The molecule has 0 bridgehead atoms. The van der Waals surface area contributed by atoms with Crippen molar-refractivity contribution in [1.82, 2.24) is 9.88 Å². The van der Waals surface area contributed by atoms with E-state index in [1.165, 1.54) is 29.7 Å². The molecule has 0 spiro atoms. The Morgan fingerprint density at radius 3 is 2.00 bits per heavy atom. The molecule has 0 fully saturated rings. The van der Waals surface area contributed by atoms with E-state index in [2.05, 4.69) is 4.98 Å². The summed E-state index contributed by atoms with van der Waals surface area (Å²) >= 11 is 2.58. The lowest BCUT2D eigenvalue weighted by Gasteiger charge is -2.28. The number of hydrogen-bond acceptors (Lipinski definition) is 4. The Morgan fingerprint density at radius 1 is 0.882 bits per heavy atom. The van der Waals surface area contributed by atoms with Gasteiger partial charge in [-0.15, -0.1) is 0 Å². The van der Waals surface area contributed by atoms with Gasteiger partial charge in [-0.1, -0.05) is 59.9 Å². The zero-order chi connectivity index (χ0) is 24.6. The van der Waals surface area contributed by atoms with Gasteiger partial charge in [0.2, 0.25) is 0 Å². The van der Waals surface area contributed by atoms with Crippen molar-refractivity contribution < 1.29 is 26.7 Å². The summed E-state index contributed by atoms with van der Waals surface area (Å²) in [5, 5.41) is 0. The van der Waals surface area contributed by atoms with E-state index in [4.69, 9.17) is 0 Å². The van der Waals surface area contributed by atoms with Gasteiger partial charge in [0.25, 0.3) is 0 Å². The maximum atomic E-state index is 13.8. The smallest absolute Gasteiger partial charge is 0.328 e. The van der Waals surface area contributed by atoms with Crippen LogP contribution in [-0.2, 0) is 4.79 Å². The fourth-order valence-electron chi connectivity index (χ4n) is 2.86. The molecule has 4 rings (SSSR count). The van der Waals surface area contributed by atoms with Crippen LogP contribution in [-0.4, -0.2) is 35.1 Å². The van der Waals surface area contributed by atoms with E-state index in [9.17, 15) is 26.7 Å². The van der Waals surface area contributed by atoms with E-state index in [0.29, 0.717) is 14.7 Å². The molecule has 0 atom stereocenters. The molecule has 2 heterocycles. The molecular formula is C24H19F5N2OS2. The molecule has 1 aliphatic heterocycles. The van der Waals surface area contributed by atoms with Gasteiger partial charge in [0.15, 0.2) is 5.82 Å². The van der Waals surface area contributed by atoms with Gasteiger partial charge in [0, 0.05) is 27.4 Å². The van der Waals surface area contributed by atoms with Gasteiger partial charge in [0.1, 0.15) is 5.83 Å². The summed E-state index contributed by atoms with van der Waals surface area (Å²) in [7, 11) is 0. The molecule has 1 aliphatic rings. The Labute approximate surface area is 202 Å². The van der Waals surface area contributed by atoms with E-state index >= 15 is 0 Å². The first-order chi connectivity index (χ1) is 16.2. The van der Waals surface area contributed by atoms with E-state index < -0.39 is 24.5 Å². The summed E-state index contributed by atoms with van der Waals surface area (Å²) in [6, 6.07) is 20.4. The van der Waals surface area contributed by atoms with Crippen molar-refractivity contribution in [2.75, 3.05) is 13.1 Å². The van der Waals surface area contributed by atoms with Gasteiger partial charge in [-0.2, -0.15) is 13.2 Å². The third-order valence-electron chi connectivity index (χ3n) is 4.46. The van der Waals surface area contributed by atoms with Crippen LogP contribution < -0.4 is 0 Å². The minimum atomic E-state index is -4.95. The van der Waals surface area contributed by atoms with Crippen molar-refractivity contribution >= 4 is 29.4 Å². The van der Waals surface area contributed by atoms with Crippen molar-refractivity contribution in [3.8, 4) is 0 Å². The lowest BCUT2D eigenvalue weighted by atomic mass is 10.2. The lowest BCUT2D eigenvalue weighted by Crippen LogP contribution is -2.44. The van der Waals surface area contributed by atoms with Crippen LogP contribution in [0.25, 0.3) is 0 Å². The number of carbonyl (C=O) groups excluding carboxylic acids is 1. The molecule has 178 valence electrons. The number of carbonyl (C=O) groups is 1. The quantitative estimate of drug-likeness (QED) is 0.350. The first kappa shape index (κ1) is 25.8. The van der Waals surface area contributed by atoms with Crippen molar-refractivity contribution in [1.29, 1.82) is 0 Å². The summed E-state index contributed by atoms with van der Waals surface area (Å²) in [5.41, 5.74) is 0. The van der Waals surface area contributed by atoms with Gasteiger partial charge in [0.05, 0.1) is 17.6 Å². The largest absolute Gasteiger partial charge is 0.471 e. The van der Waals surface area contributed by atoms with Crippen LogP contribution in [0.4, 0.5) is 22.0 Å². The van der Waals surface area contributed by atoms with Crippen LogP contribution in [0.15, 0.2) is 105 Å². The zero-order valence-electron chi connectivity index (χ0n) is 17.6. The zero-order valence-corrected chi connectivity index (χ0v) is 19.3. The molecule has 0 radical (unpaired) electrons. The molecule has 1 aromatic heterocycles. The van der Waals surface area contributed by atoms with Crippen LogP contribution in [0.3, 0.4) is 0 Å². The monoisotopic (exact) mass is 510 g/mol. The summed E-state index contributed by atoms with van der Waals surface area (Å²) in [6.07, 6.45) is -2.04. The Bertz CT molecular complexity index is 1120. The fraction of sp³-hybridized carbons (Fsp3) is 0.167. The van der Waals surface area contributed by atoms with Gasteiger partial charge in [-0.05, 0) is 36.8 Å². The molecule has 0 unspecified atom stereocenters. The first-order valence-corrected chi connectivity index (χ1v) is 11.7. The third-order valence-corrected chi connectivity index (χ3v) is 6.70. The number of hydrogen-bond donors (Lipinski definition) is 0. The number of pyridine rings is 1. The van der Waals surface area contributed by atoms with Gasteiger partial charge < -0.3 is 4.90 Å². The number of amides is 1. The molecule has 0 aliphatic carbocycles. The second kappa shape index (κ2) is 12.0. The summed E-state index contributed by atoms with van der Waals surface area (Å²) in [4.78, 5) is 18.0. The number of aromatic nitrogens is 1. The maximum Gasteiger partial charge on any atom is 0.471 e. The van der Waals surface area contributed by atoms with E-state index in [1.807, 2.05) is 36.4 Å². The van der Waals surface area contributed by atoms with Crippen molar-refractivity contribution in [2.24, 2.45) is 0 Å². The molecule has 0 saturated carbocycles. The molecule has 0 N–H and O–H groups in total. The highest BCUT2D eigenvalue weighted by Gasteiger charge is 2.43. The number of halogens is 5. The fourth-order valence-corrected chi connectivity index (χ4v) is 4.63. The van der Waals surface area contributed by atoms with Gasteiger partial charge in [-0.25, -0.2) is 8.78 Å². The van der Waals surface area contributed by atoms with Crippen molar-refractivity contribution in [2.45, 2.75) is 27.3 Å². The molecular weight excluding hydrogens is 491 g/mol. The number of rotatable bonds is 4. The second-order valence-electron chi connectivity index (χ2n) is 6.94. The SMILES string of the molecule is Fc1cnccc1Sc1ccccc1.O=C(N1CCC(Sc2ccccc2)=C(F)C1)C(F)(F)F. The summed E-state index contributed by atoms with van der Waals surface area (Å²) < 4.78 is 63.8. The van der Waals surface area contributed by atoms with Crippen LogP contribution in [0, 0.1) is 5.82 Å². The number of thioether (sulfide) groups is 1. The van der Waals surface area contributed by atoms with E-state index in [1.54, 1.807) is 36.5 Å². The summed E-state index contributed by atoms with van der Waals surface area (Å²) in [5.74, 6) is -2.94. The highest BCUT2D eigenvalue weighted by atomic mass is 32.2. The highest BCUT2D eigenvalue weighted by Crippen LogP contribution is 2.35. The number of alkyl halides is 3. The molecule has 3 aromatic rings. The average molecular weight is 511 g/mol. The standard InChI is InChI=1S/C13H11F4NOS.C11H8FNS/c14-10-8-18(12(19)13(15,16)17)7-6-11(10)20-9-4-2-1-3-5-9;12-10-8-13-7-6-11(10)14-9-4-2-1-3-5-9/h1-5H,6-8H2;1-8H. The normalized spacial score (nSPS) is 13.9. The van der Waals surface area contributed by atoms with E-state index in [-0.39, 0.29) is 18.8 Å². The second-order valence-corrected chi connectivity index (χ2v) is 9.22. The van der Waals surface area contributed by atoms with Crippen molar-refractivity contribution in [3.05, 3.63) is 95.7 Å². The van der Waals surface area contributed by atoms with Crippen LogP contribution in [0.1, 0.15) is 6.42 Å². The Hall–Kier alpha value is -2.85. The third kappa shape index (κ3) is 7.59. The predicted octanol–water partition coefficient (Wildman–Crippen LogP) is 7.13. The Kier molecular flexibility index (Phi) is 9.12. The minimum Gasteiger partial charge on any atom is -0.328 e. The van der Waals surface area contributed by atoms with Crippen LogP contribution in [0.2, 0.25) is 0 Å². The molecule has 3 nitrogen and oxygen atoms in total. The van der Waals surface area contributed by atoms with Crippen LogP contribution in [0.5, 0.6) is 0 Å². The van der Waals surface area contributed by atoms with Gasteiger partial charge >= 0.3 is 12.1 Å². The Morgan fingerprint density at radius 2 is 1.47 bits per heavy atom. The topological polar surface area (TPSA) is 33.2 Å². The number of benzene rings is 2. The lowest BCUT2D eigenvalue weighted by molar-refractivity contribution is -0.185. The molecule has 34 heavy (non-hydrogen) atoms. The van der Waals surface area contributed by atoms with E-state index in [0.717, 1.165) is 9.79 Å². The summed E-state index contributed by atoms with van der Waals surface area (Å²) in [6.45, 7) is -0.742. The molecule has 1 amide bonds. The minimum absolute atomic E-state index is 0.0905. The predicted molar refractivity (Wildman–Crippen MR) is 122 cm³/mol. The average Bonchev–Trinajstić information content (AvgIpc) is 2.83. The first-order valence-electron chi connectivity index (χ1n) is 10.0. The maximum absolute atomic E-state index is 13.8. The number of nitrogens with zero attached hydrogens (tertiary/aromatic N) is 2. The molecule has 0 saturated heterocycles.